The second kappa shape index (κ2) is 5.69. The normalized spacial score (nSPS) is 13.3. The van der Waals surface area contributed by atoms with Crippen LogP contribution in [0, 0.1) is 5.41 Å². The van der Waals surface area contributed by atoms with Gasteiger partial charge in [0, 0.05) is 23.5 Å². The van der Waals surface area contributed by atoms with E-state index in [1.807, 2.05) is 30.5 Å². The Labute approximate surface area is 123 Å². The molecule has 0 aliphatic rings. The summed E-state index contributed by atoms with van der Waals surface area (Å²) in [6, 6.07) is 7.23. The first-order valence-corrected chi connectivity index (χ1v) is 6.94. The van der Waals surface area contributed by atoms with E-state index in [9.17, 15) is 9.59 Å². The van der Waals surface area contributed by atoms with E-state index in [1.54, 1.807) is 13.8 Å². The number of Topliss-reactive ketones (excluding diaryl/α,β-unsaturated/α-hetero) is 1. The summed E-state index contributed by atoms with van der Waals surface area (Å²) < 4.78 is 0. The van der Waals surface area contributed by atoms with Crippen LogP contribution in [0.25, 0.3) is 10.9 Å². The molecule has 0 saturated heterocycles. The first kappa shape index (κ1) is 15.3. The number of ketones is 1. The fourth-order valence-corrected chi connectivity index (χ4v) is 2.31. The lowest BCUT2D eigenvalue weighted by atomic mass is 9.84. The third kappa shape index (κ3) is 3.31. The first-order valence-electron chi connectivity index (χ1n) is 6.94. The molecule has 2 rings (SSSR count). The van der Waals surface area contributed by atoms with E-state index in [4.69, 9.17) is 11.5 Å². The summed E-state index contributed by atoms with van der Waals surface area (Å²) in [5, 5.41) is 1.06. The zero-order chi connectivity index (χ0) is 15.6. The number of amides is 1. The fourth-order valence-electron chi connectivity index (χ4n) is 2.31. The van der Waals surface area contributed by atoms with Crippen LogP contribution in [-0.4, -0.2) is 22.7 Å². The van der Waals surface area contributed by atoms with Gasteiger partial charge >= 0.3 is 0 Å². The summed E-state index contributed by atoms with van der Waals surface area (Å²) >= 11 is 0. The number of fused-ring (bicyclic) bond motifs is 1. The van der Waals surface area contributed by atoms with Gasteiger partial charge in [0.1, 0.15) is 0 Å². The van der Waals surface area contributed by atoms with Crippen molar-refractivity contribution in [2.75, 3.05) is 0 Å². The number of hydrogen-bond donors (Lipinski definition) is 3. The molecule has 1 amide bonds. The summed E-state index contributed by atoms with van der Waals surface area (Å²) in [5.74, 6) is -0.640. The number of rotatable bonds is 6. The maximum atomic E-state index is 12.2. The number of aromatic nitrogens is 1. The molecule has 0 bridgehead atoms. The van der Waals surface area contributed by atoms with Crippen molar-refractivity contribution in [3.8, 4) is 0 Å². The largest absolute Gasteiger partial charge is 0.369 e. The summed E-state index contributed by atoms with van der Waals surface area (Å²) in [4.78, 5) is 26.6. The minimum atomic E-state index is -0.866. The van der Waals surface area contributed by atoms with Crippen molar-refractivity contribution in [1.82, 2.24) is 4.98 Å². The topological polar surface area (TPSA) is 102 Å². The van der Waals surface area contributed by atoms with Gasteiger partial charge in [-0.05, 0) is 18.1 Å². The highest BCUT2D eigenvalue weighted by Gasteiger charge is 2.30. The number of nitrogens with two attached hydrogens (primary N) is 2. The van der Waals surface area contributed by atoms with Crippen molar-refractivity contribution < 1.29 is 9.59 Å². The van der Waals surface area contributed by atoms with Gasteiger partial charge in [-0.25, -0.2) is 0 Å². The third-order valence-electron chi connectivity index (χ3n) is 3.81. The lowest BCUT2D eigenvalue weighted by molar-refractivity contribution is -0.132. The average molecular weight is 287 g/mol. The highest BCUT2D eigenvalue weighted by Crippen LogP contribution is 2.23. The second-order valence-corrected chi connectivity index (χ2v) is 6.06. The number of aromatic amines is 1. The van der Waals surface area contributed by atoms with Gasteiger partial charge in [0.15, 0.2) is 5.78 Å². The molecule has 21 heavy (non-hydrogen) atoms. The number of carbonyl (C=O) groups is 2. The lowest BCUT2D eigenvalue weighted by Gasteiger charge is -2.21. The van der Waals surface area contributed by atoms with Crippen LogP contribution in [0.3, 0.4) is 0 Å². The van der Waals surface area contributed by atoms with E-state index < -0.39 is 17.4 Å². The van der Waals surface area contributed by atoms with Gasteiger partial charge in [-0.1, -0.05) is 32.0 Å². The number of hydrogen-bond acceptors (Lipinski definition) is 3. The van der Waals surface area contributed by atoms with Crippen molar-refractivity contribution >= 4 is 22.6 Å². The Bertz CT molecular complexity index is 673. The Hall–Kier alpha value is -2.14. The van der Waals surface area contributed by atoms with E-state index in [0.29, 0.717) is 6.42 Å². The highest BCUT2D eigenvalue weighted by atomic mass is 16.1. The van der Waals surface area contributed by atoms with Crippen LogP contribution in [0.15, 0.2) is 30.5 Å². The van der Waals surface area contributed by atoms with Crippen molar-refractivity contribution in [2.24, 2.45) is 16.9 Å². The Morgan fingerprint density at radius 3 is 2.62 bits per heavy atom. The molecule has 1 atom stereocenters. The maximum absolute atomic E-state index is 12.2. The molecular weight excluding hydrogens is 266 g/mol. The predicted molar refractivity (Wildman–Crippen MR) is 82.6 cm³/mol. The van der Waals surface area contributed by atoms with Crippen LogP contribution in [0.1, 0.15) is 25.8 Å². The second-order valence-electron chi connectivity index (χ2n) is 6.06. The molecule has 5 heteroatoms. The fraction of sp³-hybridized carbons (Fsp3) is 0.375. The smallest absolute Gasteiger partial charge is 0.223 e. The van der Waals surface area contributed by atoms with Crippen molar-refractivity contribution in [1.29, 1.82) is 0 Å². The summed E-state index contributed by atoms with van der Waals surface area (Å²) in [6.07, 6.45) is 2.38. The van der Waals surface area contributed by atoms with E-state index in [0.717, 1.165) is 16.5 Å². The Kier molecular flexibility index (Phi) is 4.14. The van der Waals surface area contributed by atoms with E-state index >= 15 is 0 Å². The van der Waals surface area contributed by atoms with Gasteiger partial charge in [0.2, 0.25) is 5.91 Å². The lowest BCUT2D eigenvalue weighted by Crippen LogP contribution is -2.40. The van der Waals surface area contributed by atoms with E-state index in [2.05, 4.69) is 4.98 Å². The molecule has 112 valence electrons. The average Bonchev–Trinajstić information content (AvgIpc) is 2.81. The summed E-state index contributed by atoms with van der Waals surface area (Å²) in [5.41, 5.74) is 12.4. The number of para-hydroxylation sites is 1. The van der Waals surface area contributed by atoms with Crippen LogP contribution < -0.4 is 11.5 Å². The van der Waals surface area contributed by atoms with E-state index in [-0.39, 0.29) is 12.2 Å². The van der Waals surface area contributed by atoms with E-state index in [1.165, 1.54) is 0 Å². The van der Waals surface area contributed by atoms with Gasteiger partial charge < -0.3 is 16.5 Å². The minimum absolute atomic E-state index is 0.0614. The molecule has 1 aromatic heterocycles. The van der Waals surface area contributed by atoms with Crippen molar-refractivity contribution in [2.45, 2.75) is 32.7 Å². The molecule has 2 aromatic rings. The molecule has 1 heterocycles. The molecule has 0 aliphatic carbocycles. The number of H-pyrrole nitrogens is 1. The number of primary amides is 1. The molecule has 0 spiro atoms. The molecule has 1 aromatic carbocycles. The minimum Gasteiger partial charge on any atom is -0.369 e. The maximum Gasteiger partial charge on any atom is 0.223 e. The van der Waals surface area contributed by atoms with Crippen LogP contribution in [0.4, 0.5) is 0 Å². The summed E-state index contributed by atoms with van der Waals surface area (Å²) in [7, 11) is 0. The molecule has 0 saturated carbocycles. The zero-order valence-corrected chi connectivity index (χ0v) is 12.3. The summed E-state index contributed by atoms with van der Waals surface area (Å²) in [6.45, 7) is 3.32. The monoisotopic (exact) mass is 287 g/mol. The number of benzene rings is 1. The van der Waals surface area contributed by atoms with Crippen LogP contribution >= 0.6 is 0 Å². The van der Waals surface area contributed by atoms with Gasteiger partial charge in [0.05, 0.1) is 11.5 Å². The number of nitrogens with one attached hydrogen (secondary N) is 1. The molecule has 5 nitrogen and oxygen atoms in total. The van der Waals surface area contributed by atoms with Crippen LogP contribution in [0.5, 0.6) is 0 Å². The Balaban J connectivity index is 2.09. The highest BCUT2D eigenvalue weighted by molar-refractivity contribution is 5.91. The Morgan fingerprint density at radius 2 is 1.95 bits per heavy atom. The molecule has 5 N–H and O–H groups in total. The molecule has 1 unspecified atom stereocenters. The van der Waals surface area contributed by atoms with Crippen molar-refractivity contribution in [3.63, 3.8) is 0 Å². The first-order chi connectivity index (χ1) is 9.81. The Morgan fingerprint density at radius 1 is 1.29 bits per heavy atom. The number of carbonyl (C=O) groups excluding carboxylic acids is 2. The quantitative estimate of drug-likeness (QED) is 0.750. The molecule has 0 fully saturated rings. The molecular formula is C16H21N3O2. The van der Waals surface area contributed by atoms with Crippen molar-refractivity contribution in [3.05, 3.63) is 36.0 Å². The van der Waals surface area contributed by atoms with Gasteiger partial charge in [-0.15, -0.1) is 0 Å². The van der Waals surface area contributed by atoms with Crippen LogP contribution in [-0.2, 0) is 16.0 Å². The molecule has 0 aliphatic heterocycles. The standard InChI is InChI=1S/C16H21N3O2/c1-16(2,15(18)21)8-14(20)12(17)7-10-9-19-13-6-4-3-5-11(10)13/h3-6,9,12,19H,7-8,17H2,1-2H3,(H2,18,21). The SMILES string of the molecule is CC(C)(CC(=O)C(N)Cc1c[nH]c2ccccc12)C(N)=O. The van der Waals surface area contributed by atoms with Gasteiger partial charge in [-0.3, -0.25) is 9.59 Å². The van der Waals surface area contributed by atoms with Gasteiger partial charge in [-0.2, -0.15) is 0 Å². The zero-order valence-electron chi connectivity index (χ0n) is 12.3. The molecule has 0 radical (unpaired) electrons. The predicted octanol–water partition coefficient (Wildman–Crippen LogP) is 1.51. The third-order valence-corrected chi connectivity index (χ3v) is 3.81. The van der Waals surface area contributed by atoms with Gasteiger partial charge in [0.25, 0.3) is 0 Å². The van der Waals surface area contributed by atoms with Crippen LogP contribution in [0.2, 0.25) is 0 Å².